The summed E-state index contributed by atoms with van der Waals surface area (Å²) in [5.74, 6) is 0.732. The van der Waals surface area contributed by atoms with Crippen LogP contribution in [0.3, 0.4) is 0 Å². The third-order valence-electron chi connectivity index (χ3n) is 3.39. The van der Waals surface area contributed by atoms with E-state index in [-0.39, 0.29) is 5.97 Å². The lowest BCUT2D eigenvalue weighted by atomic mass is 10.1. The van der Waals surface area contributed by atoms with Crippen LogP contribution in [0, 0.1) is 0 Å². The van der Waals surface area contributed by atoms with Crippen molar-refractivity contribution in [2.75, 3.05) is 13.2 Å². The van der Waals surface area contributed by atoms with E-state index in [9.17, 15) is 4.79 Å². The molecule has 1 aromatic carbocycles. The van der Waals surface area contributed by atoms with Crippen molar-refractivity contribution in [3.63, 3.8) is 0 Å². The van der Waals surface area contributed by atoms with Gasteiger partial charge in [0.25, 0.3) is 0 Å². The van der Waals surface area contributed by atoms with Crippen molar-refractivity contribution in [1.82, 2.24) is 4.98 Å². The molecular formula is C19H23NO3. The lowest BCUT2D eigenvalue weighted by molar-refractivity contribution is -0.143. The SMILES string of the molecule is CCOC(=O)CCCCCOc1cccc(-c2ccccn2)c1. The van der Waals surface area contributed by atoms with E-state index >= 15 is 0 Å². The summed E-state index contributed by atoms with van der Waals surface area (Å²) in [5, 5.41) is 0. The van der Waals surface area contributed by atoms with Gasteiger partial charge in [0.15, 0.2) is 0 Å². The van der Waals surface area contributed by atoms with Gasteiger partial charge in [-0.25, -0.2) is 0 Å². The quantitative estimate of drug-likeness (QED) is 0.513. The molecule has 0 aliphatic carbocycles. The topological polar surface area (TPSA) is 48.4 Å². The summed E-state index contributed by atoms with van der Waals surface area (Å²) in [6.07, 6.45) is 5.00. The van der Waals surface area contributed by atoms with Gasteiger partial charge in [-0.15, -0.1) is 0 Å². The molecule has 1 aromatic heterocycles. The summed E-state index contributed by atoms with van der Waals surface area (Å²) in [4.78, 5) is 15.6. The average Bonchev–Trinajstić information content (AvgIpc) is 2.59. The Labute approximate surface area is 137 Å². The molecular weight excluding hydrogens is 290 g/mol. The molecule has 23 heavy (non-hydrogen) atoms. The number of hydrogen-bond acceptors (Lipinski definition) is 4. The van der Waals surface area contributed by atoms with Crippen LogP contribution in [-0.4, -0.2) is 24.2 Å². The minimum atomic E-state index is -0.114. The van der Waals surface area contributed by atoms with E-state index in [4.69, 9.17) is 9.47 Å². The van der Waals surface area contributed by atoms with Gasteiger partial charge in [-0.3, -0.25) is 9.78 Å². The van der Waals surface area contributed by atoms with E-state index < -0.39 is 0 Å². The van der Waals surface area contributed by atoms with Crippen LogP contribution in [0.25, 0.3) is 11.3 Å². The number of hydrogen-bond donors (Lipinski definition) is 0. The van der Waals surface area contributed by atoms with E-state index in [1.54, 1.807) is 6.20 Å². The molecule has 4 heteroatoms. The number of rotatable bonds is 9. The van der Waals surface area contributed by atoms with Gasteiger partial charge >= 0.3 is 5.97 Å². The number of aromatic nitrogens is 1. The fourth-order valence-corrected chi connectivity index (χ4v) is 2.25. The Balaban J connectivity index is 1.71. The first kappa shape index (κ1) is 17.0. The standard InChI is InChI=1S/C19H23NO3/c1-2-22-19(21)12-4-3-7-14-23-17-10-8-9-16(15-17)18-11-5-6-13-20-18/h5-6,8-11,13,15H,2-4,7,12,14H2,1H3. The summed E-state index contributed by atoms with van der Waals surface area (Å²) in [6.45, 7) is 2.92. The van der Waals surface area contributed by atoms with Crippen molar-refractivity contribution in [3.05, 3.63) is 48.7 Å². The number of carbonyl (C=O) groups excluding carboxylic acids is 1. The predicted octanol–water partition coefficient (Wildman–Crippen LogP) is 4.25. The van der Waals surface area contributed by atoms with Gasteiger partial charge in [0.2, 0.25) is 0 Å². The zero-order valence-electron chi connectivity index (χ0n) is 13.5. The van der Waals surface area contributed by atoms with E-state index in [1.807, 2.05) is 49.4 Å². The largest absolute Gasteiger partial charge is 0.494 e. The third kappa shape index (κ3) is 6.10. The first-order valence-corrected chi connectivity index (χ1v) is 8.09. The molecule has 1 heterocycles. The maximum absolute atomic E-state index is 11.2. The van der Waals surface area contributed by atoms with E-state index in [0.717, 1.165) is 36.3 Å². The Hall–Kier alpha value is -2.36. The van der Waals surface area contributed by atoms with Crippen molar-refractivity contribution < 1.29 is 14.3 Å². The smallest absolute Gasteiger partial charge is 0.305 e. The molecule has 0 bridgehead atoms. The fraction of sp³-hybridized carbons (Fsp3) is 0.368. The number of carbonyl (C=O) groups is 1. The van der Waals surface area contributed by atoms with Crippen LogP contribution in [-0.2, 0) is 9.53 Å². The van der Waals surface area contributed by atoms with Gasteiger partial charge in [0.05, 0.1) is 18.9 Å². The van der Waals surface area contributed by atoms with Gasteiger partial charge in [-0.2, -0.15) is 0 Å². The van der Waals surface area contributed by atoms with Crippen LogP contribution < -0.4 is 4.74 Å². The minimum absolute atomic E-state index is 0.114. The van der Waals surface area contributed by atoms with Crippen molar-refractivity contribution >= 4 is 5.97 Å². The molecule has 0 fully saturated rings. The minimum Gasteiger partial charge on any atom is -0.494 e. The first-order valence-electron chi connectivity index (χ1n) is 8.09. The number of ether oxygens (including phenoxy) is 2. The lowest BCUT2D eigenvalue weighted by Crippen LogP contribution is -2.04. The molecule has 0 saturated carbocycles. The van der Waals surface area contributed by atoms with E-state index in [1.165, 1.54) is 0 Å². The van der Waals surface area contributed by atoms with Gasteiger partial charge in [0.1, 0.15) is 5.75 Å². The molecule has 0 amide bonds. The zero-order valence-corrected chi connectivity index (χ0v) is 13.5. The second kappa shape index (κ2) is 9.62. The average molecular weight is 313 g/mol. The molecule has 0 spiro atoms. The first-order chi connectivity index (χ1) is 11.3. The van der Waals surface area contributed by atoms with Crippen LogP contribution in [0.15, 0.2) is 48.7 Å². The lowest BCUT2D eigenvalue weighted by Gasteiger charge is -2.08. The van der Waals surface area contributed by atoms with Gasteiger partial charge in [-0.05, 0) is 50.5 Å². The van der Waals surface area contributed by atoms with Crippen molar-refractivity contribution in [1.29, 1.82) is 0 Å². The second-order valence-electron chi connectivity index (χ2n) is 5.21. The predicted molar refractivity (Wildman–Crippen MR) is 90.3 cm³/mol. The molecule has 0 unspecified atom stereocenters. The molecule has 0 aliphatic heterocycles. The highest BCUT2D eigenvalue weighted by molar-refractivity contribution is 5.69. The van der Waals surface area contributed by atoms with Crippen LogP contribution in [0.4, 0.5) is 0 Å². The normalized spacial score (nSPS) is 10.3. The van der Waals surface area contributed by atoms with Crippen LogP contribution in [0.1, 0.15) is 32.6 Å². The molecule has 0 radical (unpaired) electrons. The fourth-order valence-electron chi connectivity index (χ4n) is 2.25. The molecule has 2 aromatic rings. The van der Waals surface area contributed by atoms with E-state index in [2.05, 4.69) is 4.98 Å². The highest BCUT2D eigenvalue weighted by atomic mass is 16.5. The second-order valence-corrected chi connectivity index (χ2v) is 5.21. The Bertz CT molecular complexity index is 599. The molecule has 0 atom stereocenters. The summed E-state index contributed by atoms with van der Waals surface area (Å²) >= 11 is 0. The molecule has 4 nitrogen and oxygen atoms in total. The summed E-state index contributed by atoms with van der Waals surface area (Å²) < 4.78 is 10.7. The molecule has 2 rings (SSSR count). The van der Waals surface area contributed by atoms with Gasteiger partial charge < -0.3 is 9.47 Å². The summed E-state index contributed by atoms with van der Waals surface area (Å²) in [5.41, 5.74) is 1.98. The number of unbranched alkanes of at least 4 members (excludes halogenated alkanes) is 2. The Morgan fingerprint density at radius 2 is 2.00 bits per heavy atom. The van der Waals surface area contributed by atoms with Crippen molar-refractivity contribution in [3.8, 4) is 17.0 Å². The van der Waals surface area contributed by atoms with Crippen LogP contribution in [0.2, 0.25) is 0 Å². The summed E-state index contributed by atoms with van der Waals surface area (Å²) in [7, 11) is 0. The monoisotopic (exact) mass is 313 g/mol. The summed E-state index contributed by atoms with van der Waals surface area (Å²) in [6, 6.07) is 13.8. The zero-order chi connectivity index (χ0) is 16.3. The Kier molecular flexibility index (Phi) is 7.11. The number of esters is 1. The van der Waals surface area contributed by atoms with Crippen LogP contribution >= 0.6 is 0 Å². The highest BCUT2D eigenvalue weighted by Gasteiger charge is 2.02. The van der Waals surface area contributed by atoms with Crippen molar-refractivity contribution in [2.24, 2.45) is 0 Å². The molecule has 122 valence electrons. The third-order valence-corrected chi connectivity index (χ3v) is 3.39. The molecule has 0 N–H and O–H groups in total. The van der Waals surface area contributed by atoms with Gasteiger partial charge in [0, 0.05) is 18.2 Å². The number of nitrogens with zero attached hydrogens (tertiary/aromatic N) is 1. The maximum atomic E-state index is 11.2. The number of pyridine rings is 1. The van der Waals surface area contributed by atoms with Crippen molar-refractivity contribution in [2.45, 2.75) is 32.6 Å². The maximum Gasteiger partial charge on any atom is 0.305 e. The molecule has 0 aliphatic rings. The number of benzene rings is 1. The van der Waals surface area contributed by atoms with Crippen LogP contribution in [0.5, 0.6) is 5.75 Å². The molecule has 0 saturated heterocycles. The van der Waals surface area contributed by atoms with E-state index in [0.29, 0.717) is 19.6 Å². The Morgan fingerprint density at radius 1 is 1.09 bits per heavy atom. The highest BCUT2D eigenvalue weighted by Crippen LogP contribution is 2.22. The van der Waals surface area contributed by atoms with Gasteiger partial charge in [-0.1, -0.05) is 18.2 Å². The Morgan fingerprint density at radius 3 is 2.78 bits per heavy atom.